The third-order valence-corrected chi connectivity index (χ3v) is 1.99. The molecule has 1 atom stereocenters. The summed E-state index contributed by atoms with van der Waals surface area (Å²) in [7, 11) is 0. The Morgan fingerprint density at radius 1 is 1.29 bits per heavy atom. The fourth-order valence-corrected chi connectivity index (χ4v) is 1.36. The highest BCUT2D eigenvalue weighted by molar-refractivity contribution is 4.64. The third-order valence-electron chi connectivity index (χ3n) is 1.99. The van der Waals surface area contributed by atoms with Gasteiger partial charge in [0, 0.05) is 6.61 Å². The number of aliphatic hydroxyl groups excluding tert-OH is 1. The highest BCUT2D eigenvalue weighted by Crippen LogP contribution is 2.14. The molecule has 0 spiro atoms. The zero-order chi connectivity index (χ0) is 11.0. The quantitative estimate of drug-likeness (QED) is 0.677. The fourth-order valence-electron chi connectivity index (χ4n) is 1.36. The minimum absolute atomic E-state index is 0.0400. The van der Waals surface area contributed by atoms with E-state index in [1.165, 1.54) is 0 Å². The van der Waals surface area contributed by atoms with Crippen LogP contribution in [0.25, 0.3) is 0 Å². The lowest BCUT2D eigenvalue weighted by atomic mass is 10.0. The largest absolute Gasteiger partial charge is 0.401 e. The van der Waals surface area contributed by atoms with E-state index >= 15 is 0 Å². The van der Waals surface area contributed by atoms with Gasteiger partial charge in [-0.3, -0.25) is 0 Å². The number of hydrogen-bond donors (Lipinski definition) is 2. The number of halogens is 3. The van der Waals surface area contributed by atoms with Crippen molar-refractivity contribution in [2.45, 2.75) is 32.4 Å². The first-order valence-electron chi connectivity index (χ1n) is 4.88. The Morgan fingerprint density at radius 3 is 2.36 bits per heavy atom. The van der Waals surface area contributed by atoms with Crippen LogP contribution in [0.15, 0.2) is 0 Å². The van der Waals surface area contributed by atoms with Crippen LogP contribution in [0.2, 0.25) is 0 Å². The van der Waals surface area contributed by atoms with Crippen LogP contribution in [0.3, 0.4) is 0 Å². The van der Waals surface area contributed by atoms with Crippen molar-refractivity contribution < 1.29 is 18.3 Å². The first-order chi connectivity index (χ1) is 6.49. The summed E-state index contributed by atoms with van der Waals surface area (Å²) < 4.78 is 35.3. The lowest BCUT2D eigenvalue weighted by Gasteiger charge is -2.16. The van der Waals surface area contributed by atoms with E-state index in [2.05, 4.69) is 5.32 Å². The van der Waals surface area contributed by atoms with E-state index < -0.39 is 12.7 Å². The summed E-state index contributed by atoms with van der Waals surface area (Å²) in [4.78, 5) is 0. The fraction of sp³-hybridized carbons (Fsp3) is 1.00. The van der Waals surface area contributed by atoms with Crippen LogP contribution >= 0.6 is 0 Å². The molecule has 0 radical (unpaired) electrons. The average molecular weight is 213 g/mol. The lowest BCUT2D eigenvalue weighted by Crippen LogP contribution is -2.32. The molecular formula is C9H18F3NO. The second kappa shape index (κ2) is 7.06. The van der Waals surface area contributed by atoms with Gasteiger partial charge in [0.25, 0.3) is 0 Å². The standard InChI is InChI=1S/C9H18F3NO/c1-2-3-8(4-5-14)6-13-7-9(10,11)12/h8,13-14H,2-7H2,1H3. The summed E-state index contributed by atoms with van der Waals surface area (Å²) in [6.45, 7) is 1.40. The highest BCUT2D eigenvalue weighted by atomic mass is 19.4. The summed E-state index contributed by atoms with van der Waals surface area (Å²) in [5.41, 5.74) is 0. The number of nitrogens with one attached hydrogen (secondary N) is 1. The van der Waals surface area contributed by atoms with E-state index in [4.69, 9.17) is 5.11 Å². The van der Waals surface area contributed by atoms with Crippen molar-refractivity contribution in [3.05, 3.63) is 0 Å². The van der Waals surface area contributed by atoms with E-state index in [0.717, 1.165) is 12.8 Å². The molecule has 0 aliphatic rings. The van der Waals surface area contributed by atoms with E-state index in [1.807, 2.05) is 6.92 Å². The van der Waals surface area contributed by atoms with E-state index in [0.29, 0.717) is 13.0 Å². The molecule has 86 valence electrons. The Kier molecular flexibility index (Phi) is 6.92. The normalized spacial score (nSPS) is 14.4. The molecule has 0 fully saturated rings. The predicted octanol–water partition coefficient (Wildman–Crippen LogP) is 1.94. The summed E-state index contributed by atoms with van der Waals surface area (Å²) >= 11 is 0. The molecule has 2 N–H and O–H groups in total. The number of aliphatic hydroxyl groups is 1. The van der Waals surface area contributed by atoms with Crippen molar-refractivity contribution >= 4 is 0 Å². The Hall–Kier alpha value is -0.290. The van der Waals surface area contributed by atoms with Gasteiger partial charge in [0.2, 0.25) is 0 Å². The average Bonchev–Trinajstić information content (AvgIpc) is 2.02. The topological polar surface area (TPSA) is 32.3 Å². The Morgan fingerprint density at radius 2 is 1.93 bits per heavy atom. The van der Waals surface area contributed by atoms with Gasteiger partial charge in [-0.1, -0.05) is 13.3 Å². The molecule has 2 nitrogen and oxygen atoms in total. The second-order valence-corrected chi connectivity index (χ2v) is 3.41. The summed E-state index contributed by atoms with van der Waals surface area (Å²) in [5.74, 6) is 0.146. The smallest absolute Gasteiger partial charge is 0.396 e. The first-order valence-corrected chi connectivity index (χ1v) is 4.88. The van der Waals surface area contributed by atoms with Crippen LogP contribution in [0.1, 0.15) is 26.2 Å². The third kappa shape index (κ3) is 8.31. The zero-order valence-corrected chi connectivity index (χ0v) is 8.40. The maximum atomic E-state index is 11.8. The van der Waals surface area contributed by atoms with Crippen LogP contribution in [-0.4, -0.2) is 31.0 Å². The number of hydrogen-bond acceptors (Lipinski definition) is 2. The molecule has 1 unspecified atom stereocenters. The van der Waals surface area contributed by atoms with Crippen molar-refractivity contribution in [3.8, 4) is 0 Å². The number of rotatable bonds is 7. The van der Waals surface area contributed by atoms with Crippen molar-refractivity contribution in [2.75, 3.05) is 19.7 Å². The van der Waals surface area contributed by atoms with E-state index in [1.54, 1.807) is 0 Å². The van der Waals surface area contributed by atoms with Gasteiger partial charge < -0.3 is 10.4 Å². The Balaban J connectivity index is 3.60. The van der Waals surface area contributed by atoms with Crippen molar-refractivity contribution in [2.24, 2.45) is 5.92 Å². The van der Waals surface area contributed by atoms with E-state index in [9.17, 15) is 13.2 Å². The molecule has 0 aromatic carbocycles. The molecule has 14 heavy (non-hydrogen) atoms. The molecule has 5 heteroatoms. The molecule has 0 rings (SSSR count). The van der Waals surface area contributed by atoms with Gasteiger partial charge in [0.1, 0.15) is 0 Å². The molecule has 0 aromatic rings. The van der Waals surface area contributed by atoms with Crippen LogP contribution in [0, 0.1) is 5.92 Å². The molecular weight excluding hydrogens is 195 g/mol. The molecule has 0 bridgehead atoms. The Labute approximate surface area is 82.5 Å². The summed E-state index contributed by atoms with van der Waals surface area (Å²) in [6, 6.07) is 0. The zero-order valence-electron chi connectivity index (χ0n) is 8.40. The van der Waals surface area contributed by atoms with E-state index in [-0.39, 0.29) is 12.5 Å². The van der Waals surface area contributed by atoms with Gasteiger partial charge in [-0.15, -0.1) is 0 Å². The van der Waals surface area contributed by atoms with Gasteiger partial charge in [0.15, 0.2) is 0 Å². The Bertz CT molecular complexity index is 133. The molecule has 0 aliphatic carbocycles. The van der Waals surface area contributed by atoms with Crippen LogP contribution in [0.5, 0.6) is 0 Å². The van der Waals surface area contributed by atoms with Crippen LogP contribution < -0.4 is 5.32 Å². The summed E-state index contributed by atoms with van der Waals surface area (Å²) in [5, 5.41) is 11.0. The van der Waals surface area contributed by atoms with Gasteiger partial charge in [-0.2, -0.15) is 13.2 Å². The molecule has 0 amide bonds. The maximum absolute atomic E-state index is 11.8. The molecule has 0 saturated heterocycles. The number of alkyl halides is 3. The molecule has 0 saturated carbocycles. The first kappa shape index (κ1) is 13.7. The molecule has 0 aliphatic heterocycles. The second-order valence-electron chi connectivity index (χ2n) is 3.41. The monoisotopic (exact) mass is 213 g/mol. The SMILES string of the molecule is CCCC(CCO)CNCC(F)(F)F. The highest BCUT2D eigenvalue weighted by Gasteiger charge is 2.26. The maximum Gasteiger partial charge on any atom is 0.401 e. The minimum atomic E-state index is -4.14. The van der Waals surface area contributed by atoms with Gasteiger partial charge in [-0.05, 0) is 25.3 Å². The predicted molar refractivity (Wildman–Crippen MR) is 49.0 cm³/mol. The van der Waals surface area contributed by atoms with Crippen LogP contribution in [-0.2, 0) is 0 Å². The van der Waals surface area contributed by atoms with Gasteiger partial charge in [-0.25, -0.2) is 0 Å². The van der Waals surface area contributed by atoms with Crippen molar-refractivity contribution in [1.29, 1.82) is 0 Å². The molecule has 0 heterocycles. The van der Waals surface area contributed by atoms with Crippen molar-refractivity contribution in [1.82, 2.24) is 5.32 Å². The van der Waals surface area contributed by atoms with Gasteiger partial charge >= 0.3 is 6.18 Å². The lowest BCUT2D eigenvalue weighted by molar-refractivity contribution is -0.125. The van der Waals surface area contributed by atoms with Crippen LogP contribution in [0.4, 0.5) is 13.2 Å². The minimum Gasteiger partial charge on any atom is -0.396 e. The molecule has 0 aromatic heterocycles. The van der Waals surface area contributed by atoms with Gasteiger partial charge in [0.05, 0.1) is 6.54 Å². The summed E-state index contributed by atoms with van der Waals surface area (Å²) in [6.07, 6.45) is -1.79. The van der Waals surface area contributed by atoms with Crippen molar-refractivity contribution in [3.63, 3.8) is 0 Å².